The fourth-order valence-electron chi connectivity index (χ4n) is 0.905. The van der Waals surface area contributed by atoms with Crippen LogP contribution in [0.2, 0.25) is 5.15 Å². The van der Waals surface area contributed by atoms with E-state index in [0.717, 1.165) is 12.3 Å². The number of nitrogens with zero attached hydrogens (tertiary/aromatic N) is 1. The molecule has 0 fully saturated rings. The maximum Gasteiger partial charge on any atom is 0.417 e. The number of pyridine rings is 1. The summed E-state index contributed by atoms with van der Waals surface area (Å²) in [6.07, 6.45) is -1.83. The van der Waals surface area contributed by atoms with Crippen molar-refractivity contribution in [1.82, 2.24) is 4.98 Å². The van der Waals surface area contributed by atoms with Crippen molar-refractivity contribution in [3.8, 4) is 0 Å². The number of alkyl halides is 3. The molecule has 0 aliphatic heterocycles. The third-order valence-corrected chi connectivity index (χ3v) is 2.48. The van der Waals surface area contributed by atoms with E-state index in [0.29, 0.717) is 11.3 Å². The van der Waals surface area contributed by atoms with Gasteiger partial charge in [-0.3, -0.25) is 0 Å². The maximum atomic E-state index is 12.2. The first-order chi connectivity index (χ1) is 6.45. The fraction of sp³-hybridized carbons (Fsp3) is 0.375. The summed E-state index contributed by atoms with van der Waals surface area (Å²) < 4.78 is 36.7. The molecule has 14 heavy (non-hydrogen) atoms. The van der Waals surface area contributed by atoms with E-state index < -0.39 is 11.7 Å². The molecule has 0 aliphatic rings. The summed E-state index contributed by atoms with van der Waals surface area (Å²) in [4.78, 5) is 3.50. The molecule has 1 aromatic rings. The molecule has 0 aromatic carbocycles. The summed E-state index contributed by atoms with van der Waals surface area (Å²) in [5.74, 6) is 0.426. The van der Waals surface area contributed by atoms with Gasteiger partial charge in [-0.2, -0.15) is 24.9 Å². The molecule has 0 amide bonds. The molecule has 0 bridgehead atoms. The highest BCUT2D eigenvalue weighted by atomic mass is 35.5. The van der Waals surface area contributed by atoms with Crippen molar-refractivity contribution in [2.45, 2.75) is 11.9 Å². The molecule has 1 aromatic heterocycles. The van der Waals surface area contributed by atoms with Gasteiger partial charge in [-0.15, -0.1) is 0 Å². The highest BCUT2D eigenvalue weighted by Crippen LogP contribution is 2.31. The molecule has 0 spiro atoms. The standard InChI is InChI=1S/C8H7ClF3NS/c1-14-4-5-2-6(8(10,11)12)3-13-7(5)9/h2-3H,4H2,1H3. The molecule has 1 rings (SSSR count). The molecule has 0 unspecified atom stereocenters. The van der Waals surface area contributed by atoms with Gasteiger partial charge in [-0.1, -0.05) is 11.6 Å². The molecule has 0 saturated carbocycles. The van der Waals surface area contributed by atoms with E-state index in [9.17, 15) is 13.2 Å². The molecule has 78 valence electrons. The van der Waals surface area contributed by atoms with E-state index in [1.807, 2.05) is 0 Å². The lowest BCUT2D eigenvalue weighted by Crippen LogP contribution is -2.06. The zero-order chi connectivity index (χ0) is 10.8. The van der Waals surface area contributed by atoms with Crippen LogP contribution in [0.4, 0.5) is 13.2 Å². The summed E-state index contributed by atoms with van der Waals surface area (Å²) >= 11 is 7.03. The van der Waals surface area contributed by atoms with E-state index in [4.69, 9.17) is 11.6 Å². The van der Waals surface area contributed by atoms with Crippen LogP contribution in [0, 0.1) is 0 Å². The lowest BCUT2D eigenvalue weighted by atomic mass is 10.2. The largest absolute Gasteiger partial charge is 0.417 e. The molecule has 0 radical (unpaired) electrons. The van der Waals surface area contributed by atoms with Crippen LogP contribution in [0.5, 0.6) is 0 Å². The van der Waals surface area contributed by atoms with Crippen LogP contribution in [0.15, 0.2) is 12.3 Å². The van der Waals surface area contributed by atoms with Crippen molar-refractivity contribution in [3.05, 3.63) is 28.5 Å². The normalized spacial score (nSPS) is 11.8. The van der Waals surface area contributed by atoms with Gasteiger partial charge in [0, 0.05) is 11.9 Å². The number of rotatable bonds is 2. The summed E-state index contributed by atoms with van der Waals surface area (Å²) in [6.45, 7) is 0. The highest BCUT2D eigenvalue weighted by Gasteiger charge is 2.31. The molecule has 0 saturated heterocycles. The summed E-state index contributed by atoms with van der Waals surface area (Å²) in [7, 11) is 0. The predicted molar refractivity (Wildman–Crippen MR) is 51.5 cm³/mol. The second-order valence-electron chi connectivity index (χ2n) is 2.60. The minimum Gasteiger partial charge on any atom is -0.244 e. The van der Waals surface area contributed by atoms with Gasteiger partial charge >= 0.3 is 6.18 Å². The van der Waals surface area contributed by atoms with Crippen LogP contribution in [0.25, 0.3) is 0 Å². The van der Waals surface area contributed by atoms with Crippen molar-refractivity contribution < 1.29 is 13.2 Å². The Labute approximate surface area is 88.7 Å². The van der Waals surface area contributed by atoms with Gasteiger partial charge in [0.2, 0.25) is 0 Å². The Bertz CT molecular complexity index is 327. The van der Waals surface area contributed by atoms with Crippen LogP contribution in [0.1, 0.15) is 11.1 Å². The Morgan fingerprint density at radius 1 is 1.50 bits per heavy atom. The van der Waals surface area contributed by atoms with Crippen LogP contribution < -0.4 is 0 Å². The van der Waals surface area contributed by atoms with Gasteiger partial charge in [-0.25, -0.2) is 4.98 Å². The molecular weight excluding hydrogens is 235 g/mol. The van der Waals surface area contributed by atoms with Gasteiger partial charge < -0.3 is 0 Å². The van der Waals surface area contributed by atoms with Crippen molar-refractivity contribution in [3.63, 3.8) is 0 Å². The number of hydrogen-bond acceptors (Lipinski definition) is 2. The lowest BCUT2D eigenvalue weighted by molar-refractivity contribution is -0.137. The minimum absolute atomic E-state index is 0.132. The van der Waals surface area contributed by atoms with Crippen molar-refractivity contribution >= 4 is 23.4 Å². The van der Waals surface area contributed by atoms with Gasteiger partial charge in [0.1, 0.15) is 5.15 Å². The Hall–Kier alpha value is -0.420. The van der Waals surface area contributed by atoms with Crippen molar-refractivity contribution in [1.29, 1.82) is 0 Å². The third-order valence-electron chi connectivity index (χ3n) is 1.54. The summed E-state index contributed by atoms with van der Waals surface area (Å²) in [6, 6.07) is 1.03. The van der Waals surface area contributed by atoms with Gasteiger partial charge in [-0.05, 0) is 17.9 Å². The first-order valence-electron chi connectivity index (χ1n) is 3.65. The van der Waals surface area contributed by atoms with Gasteiger partial charge in [0.05, 0.1) is 5.56 Å². The second kappa shape index (κ2) is 4.40. The van der Waals surface area contributed by atoms with Crippen molar-refractivity contribution in [2.75, 3.05) is 6.26 Å². The zero-order valence-electron chi connectivity index (χ0n) is 7.23. The first kappa shape index (κ1) is 11.7. The zero-order valence-corrected chi connectivity index (χ0v) is 8.80. The van der Waals surface area contributed by atoms with E-state index in [1.54, 1.807) is 6.26 Å². The van der Waals surface area contributed by atoms with Crippen LogP contribution in [0.3, 0.4) is 0 Å². The van der Waals surface area contributed by atoms with Crippen LogP contribution >= 0.6 is 23.4 Å². The second-order valence-corrected chi connectivity index (χ2v) is 3.83. The lowest BCUT2D eigenvalue weighted by Gasteiger charge is -2.08. The average molecular weight is 242 g/mol. The Kier molecular flexibility index (Phi) is 3.66. The molecular formula is C8H7ClF3NS. The van der Waals surface area contributed by atoms with E-state index >= 15 is 0 Å². The first-order valence-corrected chi connectivity index (χ1v) is 5.43. The van der Waals surface area contributed by atoms with Crippen LogP contribution in [-0.2, 0) is 11.9 Å². The van der Waals surface area contributed by atoms with E-state index in [-0.39, 0.29) is 5.15 Å². The highest BCUT2D eigenvalue weighted by molar-refractivity contribution is 7.97. The van der Waals surface area contributed by atoms with E-state index in [1.165, 1.54) is 11.8 Å². The SMILES string of the molecule is CSCc1cc(C(F)(F)F)cnc1Cl. The number of aromatic nitrogens is 1. The Morgan fingerprint density at radius 2 is 2.14 bits per heavy atom. The van der Waals surface area contributed by atoms with Gasteiger partial charge in [0.15, 0.2) is 0 Å². The number of thioether (sulfide) groups is 1. The number of halogens is 4. The Morgan fingerprint density at radius 3 is 2.64 bits per heavy atom. The summed E-state index contributed by atoms with van der Waals surface area (Å²) in [5.41, 5.74) is -0.347. The minimum atomic E-state index is -4.36. The van der Waals surface area contributed by atoms with E-state index in [2.05, 4.69) is 4.98 Å². The molecule has 6 heteroatoms. The van der Waals surface area contributed by atoms with Crippen LogP contribution in [-0.4, -0.2) is 11.2 Å². The summed E-state index contributed by atoms with van der Waals surface area (Å²) in [5, 5.41) is 0.132. The smallest absolute Gasteiger partial charge is 0.244 e. The third kappa shape index (κ3) is 2.78. The Balaban J connectivity index is 3.06. The van der Waals surface area contributed by atoms with Crippen molar-refractivity contribution in [2.24, 2.45) is 0 Å². The molecule has 1 nitrogen and oxygen atoms in total. The molecule has 0 aliphatic carbocycles. The quantitative estimate of drug-likeness (QED) is 0.734. The molecule has 1 heterocycles. The predicted octanol–water partition coefficient (Wildman–Crippen LogP) is 3.62. The maximum absolute atomic E-state index is 12.2. The monoisotopic (exact) mass is 241 g/mol. The topological polar surface area (TPSA) is 12.9 Å². The average Bonchev–Trinajstić information content (AvgIpc) is 2.07. The molecule has 0 N–H and O–H groups in total. The molecule has 0 atom stereocenters. The van der Waals surface area contributed by atoms with Gasteiger partial charge in [0.25, 0.3) is 0 Å². The fourth-order valence-corrected chi connectivity index (χ4v) is 1.69. The number of hydrogen-bond donors (Lipinski definition) is 0.